The van der Waals surface area contributed by atoms with Crippen molar-refractivity contribution in [3.8, 4) is 0 Å². The van der Waals surface area contributed by atoms with Crippen LogP contribution in [-0.2, 0) is 5.75 Å². The molecule has 0 N–H and O–H groups in total. The normalized spacial score (nSPS) is 15.3. The van der Waals surface area contributed by atoms with Gasteiger partial charge in [-0.1, -0.05) is 49.2 Å². The highest BCUT2D eigenvalue weighted by Gasteiger charge is 2.22. The number of fused-ring (bicyclic) bond motifs is 1. The lowest BCUT2D eigenvalue weighted by atomic mass is 9.95. The topological polar surface area (TPSA) is 34.9 Å². The Kier molecular flexibility index (Phi) is 5.25. The Balaban J connectivity index is 1.77. The molecule has 1 heterocycles. The first-order valence-electron chi connectivity index (χ1n) is 9.22. The minimum atomic E-state index is -0.574. The third-order valence-electron chi connectivity index (χ3n) is 5.12. The van der Waals surface area contributed by atoms with Gasteiger partial charge in [0.05, 0.1) is 10.9 Å². The van der Waals surface area contributed by atoms with E-state index in [1.54, 1.807) is 16.7 Å². The van der Waals surface area contributed by atoms with Crippen molar-refractivity contribution in [2.75, 3.05) is 0 Å². The van der Waals surface area contributed by atoms with Crippen molar-refractivity contribution in [1.29, 1.82) is 0 Å². The molecule has 0 saturated heterocycles. The van der Waals surface area contributed by atoms with Crippen LogP contribution in [0, 0.1) is 11.6 Å². The summed E-state index contributed by atoms with van der Waals surface area (Å²) < 4.78 is 29.8. The van der Waals surface area contributed by atoms with E-state index in [9.17, 15) is 13.6 Å². The molecule has 0 spiro atoms. The van der Waals surface area contributed by atoms with Crippen LogP contribution in [0.5, 0.6) is 0 Å². The average Bonchev–Trinajstić information content (AvgIpc) is 2.68. The molecule has 0 unspecified atom stereocenters. The molecule has 27 heavy (non-hydrogen) atoms. The maximum atomic E-state index is 14.0. The zero-order valence-electron chi connectivity index (χ0n) is 14.8. The molecule has 2 aromatic carbocycles. The standard InChI is InChI=1S/C21H20F2N2OS/c22-17-10-6-11-18(23)16(17)13-27-21-24-19-12-5-4-9-15(19)20(26)25(21)14-7-2-1-3-8-14/h4-6,9-12,14H,1-3,7-8,13H2. The SMILES string of the molecule is O=c1c2ccccc2nc(SCc2c(F)cccc2F)n1C1CCCCC1. The van der Waals surface area contributed by atoms with Crippen LogP contribution in [-0.4, -0.2) is 9.55 Å². The van der Waals surface area contributed by atoms with Crippen molar-refractivity contribution < 1.29 is 8.78 Å². The highest BCUT2D eigenvalue weighted by molar-refractivity contribution is 7.98. The van der Waals surface area contributed by atoms with Gasteiger partial charge >= 0.3 is 0 Å². The van der Waals surface area contributed by atoms with Crippen molar-refractivity contribution in [2.24, 2.45) is 0 Å². The number of hydrogen-bond donors (Lipinski definition) is 0. The summed E-state index contributed by atoms with van der Waals surface area (Å²) in [5.74, 6) is -1.06. The molecule has 0 aliphatic heterocycles. The van der Waals surface area contributed by atoms with Crippen molar-refractivity contribution in [3.63, 3.8) is 0 Å². The molecule has 1 fully saturated rings. The van der Waals surface area contributed by atoms with Crippen LogP contribution in [0.25, 0.3) is 10.9 Å². The predicted molar refractivity (Wildman–Crippen MR) is 104 cm³/mol. The fourth-order valence-electron chi connectivity index (χ4n) is 3.70. The fraction of sp³-hybridized carbons (Fsp3) is 0.333. The van der Waals surface area contributed by atoms with Gasteiger partial charge in [0, 0.05) is 17.4 Å². The van der Waals surface area contributed by atoms with Crippen molar-refractivity contribution >= 4 is 22.7 Å². The first kappa shape index (κ1) is 18.2. The molecule has 1 aromatic heterocycles. The summed E-state index contributed by atoms with van der Waals surface area (Å²) in [4.78, 5) is 17.8. The Hall–Kier alpha value is -2.21. The maximum absolute atomic E-state index is 14.0. The molecule has 140 valence electrons. The highest BCUT2D eigenvalue weighted by Crippen LogP contribution is 2.32. The lowest BCUT2D eigenvalue weighted by molar-refractivity contribution is 0.326. The number of para-hydroxylation sites is 1. The molecule has 1 saturated carbocycles. The minimum Gasteiger partial charge on any atom is -0.284 e. The quantitative estimate of drug-likeness (QED) is 0.440. The summed E-state index contributed by atoms with van der Waals surface area (Å²) in [7, 11) is 0. The van der Waals surface area contributed by atoms with Gasteiger partial charge in [0.2, 0.25) is 0 Å². The van der Waals surface area contributed by atoms with Crippen LogP contribution in [0.3, 0.4) is 0 Å². The van der Waals surface area contributed by atoms with Gasteiger partial charge in [-0.2, -0.15) is 0 Å². The first-order valence-corrected chi connectivity index (χ1v) is 10.2. The molecule has 1 aliphatic rings. The first-order chi connectivity index (χ1) is 13.1. The van der Waals surface area contributed by atoms with Crippen LogP contribution in [0.4, 0.5) is 8.78 Å². The summed E-state index contributed by atoms with van der Waals surface area (Å²) in [5.41, 5.74) is 0.565. The lowest BCUT2D eigenvalue weighted by Gasteiger charge is -2.26. The maximum Gasteiger partial charge on any atom is 0.262 e. The highest BCUT2D eigenvalue weighted by atomic mass is 32.2. The van der Waals surface area contributed by atoms with Gasteiger partial charge in [-0.3, -0.25) is 9.36 Å². The molecular weight excluding hydrogens is 366 g/mol. The molecular formula is C21H20F2N2OS. The van der Waals surface area contributed by atoms with Gasteiger partial charge in [-0.15, -0.1) is 0 Å². The largest absolute Gasteiger partial charge is 0.284 e. The van der Waals surface area contributed by atoms with E-state index < -0.39 is 11.6 Å². The lowest BCUT2D eigenvalue weighted by Crippen LogP contribution is -2.29. The smallest absolute Gasteiger partial charge is 0.262 e. The average molecular weight is 386 g/mol. The van der Waals surface area contributed by atoms with E-state index in [0.29, 0.717) is 16.1 Å². The van der Waals surface area contributed by atoms with Gasteiger partial charge in [-0.05, 0) is 37.1 Å². The van der Waals surface area contributed by atoms with Crippen LogP contribution < -0.4 is 5.56 Å². The monoisotopic (exact) mass is 386 g/mol. The van der Waals surface area contributed by atoms with E-state index in [1.807, 2.05) is 12.1 Å². The van der Waals surface area contributed by atoms with Gasteiger partial charge in [0.1, 0.15) is 11.6 Å². The summed E-state index contributed by atoms with van der Waals surface area (Å²) in [6.45, 7) is 0. The van der Waals surface area contributed by atoms with E-state index in [-0.39, 0.29) is 22.9 Å². The summed E-state index contributed by atoms with van der Waals surface area (Å²) in [6, 6.07) is 11.2. The Bertz CT molecular complexity index is 1010. The molecule has 6 heteroatoms. The molecule has 0 amide bonds. The van der Waals surface area contributed by atoms with Gasteiger partial charge in [0.25, 0.3) is 5.56 Å². The second kappa shape index (κ2) is 7.80. The van der Waals surface area contributed by atoms with Gasteiger partial charge in [-0.25, -0.2) is 13.8 Å². The molecule has 3 nitrogen and oxygen atoms in total. The summed E-state index contributed by atoms with van der Waals surface area (Å²) in [6.07, 6.45) is 5.20. The van der Waals surface area contributed by atoms with Crippen LogP contribution >= 0.6 is 11.8 Å². The zero-order chi connectivity index (χ0) is 18.8. The third-order valence-corrected chi connectivity index (χ3v) is 6.10. The summed E-state index contributed by atoms with van der Waals surface area (Å²) in [5, 5.41) is 1.12. The number of thioether (sulfide) groups is 1. The van der Waals surface area contributed by atoms with E-state index in [1.165, 1.54) is 36.4 Å². The predicted octanol–water partition coefficient (Wildman–Crippen LogP) is 5.47. The molecule has 4 rings (SSSR count). The van der Waals surface area contributed by atoms with Crippen molar-refractivity contribution in [2.45, 2.75) is 49.1 Å². The Labute approximate surface area is 160 Å². The Morgan fingerprint density at radius 3 is 2.44 bits per heavy atom. The number of hydrogen-bond acceptors (Lipinski definition) is 3. The van der Waals surface area contributed by atoms with Crippen LogP contribution in [0.2, 0.25) is 0 Å². The molecule has 0 bridgehead atoms. The Morgan fingerprint density at radius 2 is 1.70 bits per heavy atom. The van der Waals surface area contributed by atoms with E-state index in [4.69, 9.17) is 0 Å². The van der Waals surface area contributed by atoms with Gasteiger partial charge in [0.15, 0.2) is 5.16 Å². The zero-order valence-corrected chi connectivity index (χ0v) is 15.6. The fourth-order valence-corrected chi connectivity index (χ4v) is 4.78. The van der Waals surface area contributed by atoms with Crippen LogP contribution in [0.1, 0.15) is 43.7 Å². The number of halogens is 2. The van der Waals surface area contributed by atoms with Crippen LogP contribution in [0.15, 0.2) is 52.4 Å². The van der Waals surface area contributed by atoms with Crippen molar-refractivity contribution in [3.05, 3.63) is 70.0 Å². The number of benzene rings is 2. The molecule has 0 radical (unpaired) electrons. The minimum absolute atomic E-state index is 0.0140. The number of aromatic nitrogens is 2. The van der Waals surface area contributed by atoms with E-state index in [2.05, 4.69) is 4.98 Å². The summed E-state index contributed by atoms with van der Waals surface area (Å²) >= 11 is 1.22. The van der Waals surface area contributed by atoms with Crippen molar-refractivity contribution in [1.82, 2.24) is 9.55 Å². The number of nitrogens with zero attached hydrogens (tertiary/aromatic N) is 2. The van der Waals surface area contributed by atoms with E-state index >= 15 is 0 Å². The second-order valence-corrected chi connectivity index (χ2v) is 7.81. The van der Waals surface area contributed by atoms with Gasteiger partial charge < -0.3 is 0 Å². The number of rotatable bonds is 4. The molecule has 1 aliphatic carbocycles. The second-order valence-electron chi connectivity index (χ2n) is 6.87. The molecule has 0 atom stereocenters. The van der Waals surface area contributed by atoms with E-state index in [0.717, 1.165) is 25.7 Å². The molecule has 3 aromatic rings. The Morgan fingerprint density at radius 1 is 1.00 bits per heavy atom. The third kappa shape index (κ3) is 3.63.